The van der Waals surface area contributed by atoms with Crippen LogP contribution in [-0.2, 0) is 6.42 Å². The van der Waals surface area contributed by atoms with Gasteiger partial charge >= 0.3 is 0 Å². The van der Waals surface area contributed by atoms with E-state index >= 15 is 0 Å². The largest absolute Gasteiger partial charge is 0.314 e. The fourth-order valence-electron chi connectivity index (χ4n) is 1.73. The van der Waals surface area contributed by atoms with E-state index in [4.69, 9.17) is 0 Å². The number of hydrogen-bond acceptors (Lipinski definition) is 2. The molecular weight excluding hydrogens is 219 g/mol. The zero-order valence-electron chi connectivity index (χ0n) is 7.98. The van der Waals surface area contributed by atoms with Crippen molar-refractivity contribution < 1.29 is 0 Å². The second-order valence-electron chi connectivity index (χ2n) is 3.35. The lowest BCUT2D eigenvalue weighted by Crippen LogP contribution is -2.23. The Balaban J connectivity index is 0.000000845. The standard InChI is InChI=1S/C10H14N2.2ClH/c1-2-10(12-5-1)8-9-3-6-11-7-4-9;;/h3-4,6-7,10,12H,1-2,5,8H2;2*1H. The molecule has 0 saturated carbocycles. The van der Waals surface area contributed by atoms with Gasteiger partial charge in [-0.1, -0.05) is 0 Å². The molecule has 1 unspecified atom stereocenters. The lowest BCUT2D eigenvalue weighted by atomic mass is 10.1. The Bertz CT molecular complexity index is 235. The van der Waals surface area contributed by atoms with Crippen LogP contribution in [0.2, 0.25) is 0 Å². The quantitative estimate of drug-likeness (QED) is 0.850. The summed E-state index contributed by atoms with van der Waals surface area (Å²) in [7, 11) is 0. The fourth-order valence-corrected chi connectivity index (χ4v) is 1.73. The molecule has 14 heavy (non-hydrogen) atoms. The smallest absolute Gasteiger partial charge is 0.0270 e. The van der Waals surface area contributed by atoms with Gasteiger partial charge in [-0.05, 0) is 43.5 Å². The van der Waals surface area contributed by atoms with E-state index in [-0.39, 0.29) is 24.8 Å². The molecule has 1 fully saturated rings. The Morgan fingerprint density at radius 1 is 1.29 bits per heavy atom. The Labute approximate surface area is 97.3 Å². The Morgan fingerprint density at radius 3 is 2.57 bits per heavy atom. The molecule has 0 spiro atoms. The Kier molecular flexibility index (Phi) is 6.89. The third kappa shape index (κ3) is 3.82. The zero-order chi connectivity index (χ0) is 8.23. The monoisotopic (exact) mass is 234 g/mol. The van der Waals surface area contributed by atoms with Crippen molar-refractivity contribution >= 4 is 24.8 Å². The number of nitrogens with zero attached hydrogens (tertiary/aromatic N) is 1. The summed E-state index contributed by atoms with van der Waals surface area (Å²) in [5.41, 5.74) is 1.39. The minimum atomic E-state index is 0. The van der Waals surface area contributed by atoms with Crippen LogP contribution in [0.5, 0.6) is 0 Å². The van der Waals surface area contributed by atoms with Gasteiger partial charge in [0.2, 0.25) is 0 Å². The van der Waals surface area contributed by atoms with Gasteiger partial charge in [0.25, 0.3) is 0 Å². The third-order valence-corrected chi connectivity index (χ3v) is 2.39. The summed E-state index contributed by atoms with van der Waals surface area (Å²) in [6.07, 6.45) is 7.54. The molecule has 2 heterocycles. The average molecular weight is 235 g/mol. The van der Waals surface area contributed by atoms with Gasteiger partial charge in [0.1, 0.15) is 0 Å². The first kappa shape index (κ1) is 13.7. The van der Waals surface area contributed by atoms with E-state index in [0.29, 0.717) is 6.04 Å². The predicted molar refractivity (Wildman–Crippen MR) is 63.5 cm³/mol. The maximum absolute atomic E-state index is 4.00. The molecule has 2 nitrogen and oxygen atoms in total. The Hall–Kier alpha value is -0.310. The van der Waals surface area contributed by atoms with E-state index in [1.165, 1.54) is 24.9 Å². The summed E-state index contributed by atoms with van der Waals surface area (Å²) >= 11 is 0. The van der Waals surface area contributed by atoms with Crippen LogP contribution in [0.1, 0.15) is 18.4 Å². The van der Waals surface area contributed by atoms with Crippen LogP contribution >= 0.6 is 24.8 Å². The van der Waals surface area contributed by atoms with Crippen molar-refractivity contribution in [2.75, 3.05) is 6.54 Å². The predicted octanol–water partition coefficient (Wildman–Crippen LogP) is 2.22. The molecule has 0 amide bonds. The lowest BCUT2D eigenvalue weighted by molar-refractivity contribution is 0.603. The molecule has 1 aliphatic heterocycles. The zero-order valence-corrected chi connectivity index (χ0v) is 9.61. The SMILES string of the molecule is Cl.Cl.c1cc(CC2CCCN2)ccn1. The molecule has 1 N–H and O–H groups in total. The summed E-state index contributed by atoms with van der Waals surface area (Å²) in [4.78, 5) is 4.00. The van der Waals surface area contributed by atoms with Crippen LogP contribution in [-0.4, -0.2) is 17.6 Å². The number of hydrogen-bond donors (Lipinski definition) is 1. The summed E-state index contributed by atoms with van der Waals surface area (Å²) in [5, 5.41) is 3.48. The van der Waals surface area contributed by atoms with Gasteiger partial charge in [-0.3, -0.25) is 4.98 Å². The molecule has 4 heteroatoms. The van der Waals surface area contributed by atoms with Crippen molar-refractivity contribution in [3.05, 3.63) is 30.1 Å². The molecule has 0 bridgehead atoms. The first-order valence-corrected chi connectivity index (χ1v) is 4.57. The molecule has 1 atom stereocenters. The van der Waals surface area contributed by atoms with Crippen LogP contribution in [0.3, 0.4) is 0 Å². The highest BCUT2D eigenvalue weighted by Gasteiger charge is 2.13. The molecule has 1 aromatic rings. The molecule has 0 aromatic carbocycles. The Morgan fingerprint density at radius 2 is 2.00 bits per heavy atom. The molecule has 1 aliphatic rings. The van der Waals surface area contributed by atoms with E-state index in [9.17, 15) is 0 Å². The van der Waals surface area contributed by atoms with Crippen molar-refractivity contribution in [1.82, 2.24) is 10.3 Å². The second-order valence-corrected chi connectivity index (χ2v) is 3.35. The summed E-state index contributed by atoms with van der Waals surface area (Å²) in [5.74, 6) is 0. The first-order valence-electron chi connectivity index (χ1n) is 4.57. The summed E-state index contributed by atoms with van der Waals surface area (Å²) < 4.78 is 0. The minimum Gasteiger partial charge on any atom is -0.314 e. The highest BCUT2D eigenvalue weighted by molar-refractivity contribution is 5.85. The molecule has 2 rings (SSSR count). The molecule has 0 aliphatic carbocycles. The number of pyridine rings is 1. The topological polar surface area (TPSA) is 24.9 Å². The fraction of sp³-hybridized carbons (Fsp3) is 0.500. The van der Waals surface area contributed by atoms with Gasteiger partial charge in [0, 0.05) is 18.4 Å². The third-order valence-electron chi connectivity index (χ3n) is 2.39. The van der Waals surface area contributed by atoms with Gasteiger partial charge in [-0.25, -0.2) is 0 Å². The molecule has 0 radical (unpaired) electrons. The molecular formula is C10H16Cl2N2. The molecule has 80 valence electrons. The first-order chi connectivity index (χ1) is 5.95. The minimum absolute atomic E-state index is 0. The van der Waals surface area contributed by atoms with Crippen LogP contribution < -0.4 is 5.32 Å². The highest BCUT2D eigenvalue weighted by atomic mass is 35.5. The van der Waals surface area contributed by atoms with E-state index in [1.54, 1.807) is 0 Å². The molecule has 1 aromatic heterocycles. The van der Waals surface area contributed by atoms with Gasteiger partial charge in [0.15, 0.2) is 0 Å². The van der Waals surface area contributed by atoms with Crippen molar-refractivity contribution in [2.45, 2.75) is 25.3 Å². The summed E-state index contributed by atoms with van der Waals surface area (Å²) in [6.45, 7) is 1.19. The number of nitrogens with one attached hydrogen (secondary N) is 1. The van der Waals surface area contributed by atoms with E-state index in [1.807, 2.05) is 12.4 Å². The normalized spacial score (nSPS) is 19.6. The van der Waals surface area contributed by atoms with E-state index in [2.05, 4.69) is 22.4 Å². The van der Waals surface area contributed by atoms with Crippen LogP contribution in [0.4, 0.5) is 0 Å². The van der Waals surface area contributed by atoms with Crippen LogP contribution in [0, 0.1) is 0 Å². The maximum atomic E-state index is 4.00. The van der Waals surface area contributed by atoms with Crippen molar-refractivity contribution in [3.8, 4) is 0 Å². The molecule has 1 saturated heterocycles. The van der Waals surface area contributed by atoms with Crippen molar-refractivity contribution in [2.24, 2.45) is 0 Å². The van der Waals surface area contributed by atoms with Crippen LogP contribution in [0.15, 0.2) is 24.5 Å². The summed E-state index contributed by atoms with van der Waals surface area (Å²) in [6, 6.07) is 4.90. The van der Waals surface area contributed by atoms with Crippen molar-refractivity contribution in [3.63, 3.8) is 0 Å². The number of aromatic nitrogens is 1. The van der Waals surface area contributed by atoms with Gasteiger partial charge in [-0.15, -0.1) is 24.8 Å². The van der Waals surface area contributed by atoms with Gasteiger partial charge < -0.3 is 5.32 Å². The van der Waals surface area contributed by atoms with Gasteiger partial charge in [-0.2, -0.15) is 0 Å². The van der Waals surface area contributed by atoms with Gasteiger partial charge in [0.05, 0.1) is 0 Å². The highest BCUT2D eigenvalue weighted by Crippen LogP contribution is 2.10. The van der Waals surface area contributed by atoms with E-state index in [0.717, 1.165) is 6.42 Å². The van der Waals surface area contributed by atoms with E-state index < -0.39 is 0 Å². The average Bonchev–Trinajstić information content (AvgIpc) is 2.59. The van der Waals surface area contributed by atoms with Crippen LogP contribution in [0.25, 0.3) is 0 Å². The second kappa shape index (κ2) is 7.04. The lowest BCUT2D eigenvalue weighted by Gasteiger charge is -2.08. The maximum Gasteiger partial charge on any atom is 0.0270 e. The number of halogens is 2. The number of rotatable bonds is 2. The van der Waals surface area contributed by atoms with Crippen molar-refractivity contribution in [1.29, 1.82) is 0 Å².